The first-order valence-corrected chi connectivity index (χ1v) is 4.28. The second-order valence-electron chi connectivity index (χ2n) is 2.22. The molecule has 0 fully saturated rings. The zero-order valence-electron chi connectivity index (χ0n) is 5.71. The van der Waals surface area contributed by atoms with Crippen LogP contribution in [-0.4, -0.2) is 9.38 Å². The van der Waals surface area contributed by atoms with Crippen molar-refractivity contribution < 1.29 is 4.39 Å². The van der Waals surface area contributed by atoms with Crippen molar-refractivity contribution in [2.45, 2.75) is 11.9 Å². The molecular formula is C6H5FN2S2. The summed E-state index contributed by atoms with van der Waals surface area (Å²) in [6.45, 7) is 1.95. The van der Waals surface area contributed by atoms with Gasteiger partial charge in [0.15, 0.2) is 4.96 Å². The van der Waals surface area contributed by atoms with Crippen molar-refractivity contribution in [2.24, 2.45) is 0 Å². The van der Waals surface area contributed by atoms with Crippen LogP contribution in [0.4, 0.5) is 4.39 Å². The van der Waals surface area contributed by atoms with E-state index < -0.39 is 5.95 Å². The monoisotopic (exact) mass is 188 g/mol. The lowest BCUT2D eigenvalue weighted by Gasteiger charge is -1.83. The number of hydrogen-bond acceptors (Lipinski definition) is 3. The number of thiol groups is 1. The summed E-state index contributed by atoms with van der Waals surface area (Å²) in [5.41, 5.74) is 0. The average Bonchev–Trinajstić information content (AvgIpc) is 2.37. The van der Waals surface area contributed by atoms with Gasteiger partial charge in [0.1, 0.15) is 5.03 Å². The molecular weight excluding hydrogens is 183 g/mol. The normalized spacial score (nSPS) is 11.2. The van der Waals surface area contributed by atoms with Gasteiger partial charge in [-0.1, -0.05) is 0 Å². The standard InChI is InChI=1S/C6H5FN2S2/c1-3-2-9-5(10)4(7)8-6(9)11-3/h2,10H,1H3. The predicted molar refractivity (Wildman–Crippen MR) is 45.0 cm³/mol. The van der Waals surface area contributed by atoms with E-state index in [1.165, 1.54) is 11.3 Å². The molecule has 2 aromatic rings. The number of nitrogens with zero attached hydrogens (tertiary/aromatic N) is 2. The first-order valence-electron chi connectivity index (χ1n) is 3.01. The summed E-state index contributed by atoms with van der Waals surface area (Å²) in [7, 11) is 0. The van der Waals surface area contributed by atoms with Crippen LogP contribution in [-0.2, 0) is 0 Å². The fourth-order valence-electron chi connectivity index (χ4n) is 0.918. The Kier molecular flexibility index (Phi) is 1.43. The smallest absolute Gasteiger partial charge is 0.246 e. The van der Waals surface area contributed by atoms with Gasteiger partial charge < -0.3 is 0 Å². The van der Waals surface area contributed by atoms with Crippen molar-refractivity contribution >= 4 is 28.9 Å². The minimum Gasteiger partial charge on any atom is -0.282 e. The first kappa shape index (κ1) is 7.12. The molecule has 0 saturated carbocycles. The predicted octanol–water partition coefficient (Wildman–Crippen LogP) is 2.13. The van der Waals surface area contributed by atoms with Crippen LogP contribution in [0.25, 0.3) is 4.96 Å². The lowest BCUT2D eigenvalue weighted by atomic mass is 10.6. The molecule has 0 aliphatic carbocycles. The van der Waals surface area contributed by atoms with Crippen molar-refractivity contribution in [2.75, 3.05) is 0 Å². The van der Waals surface area contributed by atoms with Gasteiger partial charge in [-0.05, 0) is 6.92 Å². The number of aryl methyl sites for hydroxylation is 1. The number of aromatic nitrogens is 2. The van der Waals surface area contributed by atoms with Crippen LogP contribution in [0.5, 0.6) is 0 Å². The van der Waals surface area contributed by atoms with Gasteiger partial charge in [0.25, 0.3) is 0 Å². The van der Waals surface area contributed by atoms with E-state index in [0.29, 0.717) is 4.96 Å². The van der Waals surface area contributed by atoms with Crippen molar-refractivity contribution in [3.63, 3.8) is 0 Å². The van der Waals surface area contributed by atoms with E-state index in [1.54, 1.807) is 4.40 Å². The zero-order chi connectivity index (χ0) is 8.01. The third-order valence-electron chi connectivity index (χ3n) is 1.38. The molecule has 0 amide bonds. The van der Waals surface area contributed by atoms with Crippen LogP contribution in [0.3, 0.4) is 0 Å². The van der Waals surface area contributed by atoms with Crippen molar-refractivity contribution in [3.05, 3.63) is 17.0 Å². The van der Waals surface area contributed by atoms with Crippen molar-refractivity contribution in [1.82, 2.24) is 9.38 Å². The fraction of sp³-hybridized carbons (Fsp3) is 0.167. The maximum Gasteiger partial charge on any atom is 0.246 e. The molecule has 0 unspecified atom stereocenters. The molecule has 0 atom stereocenters. The van der Waals surface area contributed by atoms with Crippen molar-refractivity contribution in [1.29, 1.82) is 0 Å². The molecule has 0 aliphatic rings. The topological polar surface area (TPSA) is 17.3 Å². The van der Waals surface area contributed by atoms with Gasteiger partial charge in [0.05, 0.1) is 0 Å². The van der Waals surface area contributed by atoms with E-state index in [4.69, 9.17) is 0 Å². The van der Waals surface area contributed by atoms with Crippen LogP contribution >= 0.6 is 24.0 Å². The molecule has 2 nitrogen and oxygen atoms in total. The summed E-state index contributed by atoms with van der Waals surface area (Å²) in [4.78, 5) is 5.43. The summed E-state index contributed by atoms with van der Waals surface area (Å²) < 4.78 is 14.3. The van der Waals surface area contributed by atoms with Gasteiger partial charge in [-0.25, -0.2) is 0 Å². The van der Waals surface area contributed by atoms with Gasteiger partial charge >= 0.3 is 0 Å². The van der Waals surface area contributed by atoms with Gasteiger partial charge in [0.2, 0.25) is 5.95 Å². The molecule has 5 heteroatoms. The molecule has 2 rings (SSSR count). The molecule has 0 aliphatic heterocycles. The minimum atomic E-state index is -0.500. The van der Waals surface area contributed by atoms with E-state index in [9.17, 15) is 4.39 Å². The van der Waals surface area contributed by atoms with Crippen molar-refractivity contribution in [3.8, 4) is 0 Å². The van der Waals surface area contributed by atoms with Gasteiger partial charge in [-0.2, -0.15) is 9.37 Å². The Balaban J connectivity index is 2.88. The second-order valence-corrected chi connectivity index (χ2v) is 3.86. The molecule has 2 heterocycles. The Labute approximate surface area is 72.1 Å². The zero-order valence-corrected chi connectivity index (χ0v) is 7.42. The molecule has 0 bridgehead atoms. The Morgan fingerprint density at radius 2 is 2.45 bits per heavy atom. The lowest BCUT2D eigenvalue weighted by Crippen LogP contribution is -1.77. The summed E-state index contributed by atoms with van der Waals surface area (Å²) in [6, 6.07) is 0. The van der Waals surface area contributed by atoms with E-state index in [2.05, 4.69) is 17.6 Å². The van der Waals surface area contributed by atoms with Gasteiger partial charge in [-0.3, -0.25) is 4.40 Å². The minimum absolute atomic E-state index is 0.282. The Hall–Kier alpha value is -0.550. The largest absolute Gasteiger partial charge is 0.282 e. The number of imidazole rings is 1. The third kappa shape index (κ3) is 0.954. The molecule has 0 radical (unpaired) electrons. The lowest BCUT2D eigenvalue weighted by molar-refractivity contribution is 0.563. The second kappa shape index (κ2) is 2.22. The molecule has 0 aromatic carbocycles. The van der Waals surface area contributed by atoms with Gasteiger partial charge in [-0.15, -0.1) is 24.0 Å². The average molecular weight is 188 g/mol. The molecule has 58 valence electrons. The van der Waals surface area contributed by atoms with Crippen LogP contribution in [0, 0.1) is 12.9 Å². The number of fused-ring (bicyclic) bond motifs is 1. The number of hydrogen-bond donors (Lipinski definition) is 1. The highest BCUT2D eigenvalue weighted by Crippen LogP contribution is 2.21. The summed E-state index contributed by atoms with van der Waals surface area (Å²) in [5.74, 6) is -0.500. The highest BCUT2D eigenvalue weighted by molar-refractivity contribution is 7.80. The molecule has 0 N–H and O–H groups in total. The number of halogens is 1. The number of rotatable bonds is 0. The molecule has 0 saturated heterocycles. The summed E-state index contributed by atoms with van der Waals surface area (Å²) in [6.07, 6.45) is 1.82. The van der Waals surface area contributed by atoms with E-state index >= 15 is 0 Å². The van der Waals surface area contributed by atoms with Crippen LogP contribution < -0.4 is 0 Å². The van der Waals surface area contributed by atoms with E-state index in [1.807, 2.05) is 13.1 Å². The molecule has 11 heavy (non-hydrogen) atoms. The first-order chi connectivity index (χ1) is 5.18. The van der Waals surface area contributed by atoms with Crippen LogP contribution in [0.1, 0.15) is 4.88 Å². The SMILES string of the molecule is Cc1cn2c(S)c(F)nc2s1. The van der Waals surface area contributed by atoms with Gasteiger partial charge in [0, 0.05) is 11.1 Å². The highest BCUT2D eigenvalue weighted by atomic mass is 32.1. The van der Waals surface area contributed by atoms with E-state index in [0.717, 1.165) is 4.88 Å². The quantitative estimate of drug-likeness (QED) is 0.627. The summed E-state index contributed by atoms with van der Waals surface area (Å²) in [5, 5.41) is 0.282. The van der Waals surface area contributed by atoms with E-state index in [-0.39, 0.29) is 5.03 Å². The highest BCUT2D eigenvalue weighted by Gasteiger charge is 2.09. The van der Waals surface area contributed by atoms with Crippen LogP contribution in [0.2, 0.25) is 0 Å². The third-order valence-corrected chi connectivity index (χ3v) is 2.67. The Morgan fingerprint density at radius 1 is 1.73 bits per heavy atom. The molecule has 2 aromatic heterocycles. The van der Waals surface area contributed by atoms with Crippen LogP contribution in [0.15, 0.2) is 11.2 Å². The molecule has 0 spiro atoms. The maximum absolute atomic E-state index is 12.7. The fourth-order valence-corrected chi connectivity index (χ4v) is 2.00. The Bertz CT molecular complexity index is 404. The number of thiazole rings is 1. The Morgan fingerprint density at radius 3 is 3.09 bits per heavy atom. The maximum atomic E-state index is 12.7. The summed E-state index contributed by atoms with van der Waals surface area (Å²) >= 11 is 5.41.